The molecule has 0 amide bonds. The van der Waals surface area contributed by atoms with Gasteiger partial charge in [-0.25, -0.2) is 0 Å². The maximum Gasteiger partial charge on any atom is 0.0344 e. The van der Waals surface area contributed by atoms with Crippen molar-refractivity contribution in [3.63, 3.8) is 0 Å². The molecule has 0 aromatic carbocycles. The molecular weight excluding hydrogens is 118 g/mol. The fourth-order valence-corrected chi connectivity index (χ4v) is 0.433. The van der Waals surface area contributed by atoms with Gasteiger partial charge in [0.25, 0.3) is 0 Å². The highest BCUT2D eigenvalue weighted by molar-refractivity contribution is 7.83. The Morgan fingerprint density at radius 3 is 2.25 bits per heavy atom. The lowest BCUT2D eigenvalue weighted by Crippen LogP contribution is -1.99. The van der Waals surface area contributed by atoms with Gasteiger partial charge >= 0.3 is 0 Å². The molecule has 0 unspecified atom stereocenters. The molecule has 2 heteroatoms. The summed E-state index contributed by atoms with van der Waals surface area (Å²) in [6, 6.07) is 0. The molecule has 1 N–H and O–H groups in total. The molecule has 0 fully saturated rings. The molecule has 0 atom stereocenters. The largest absolute Gasteiger partial charge is 0.305 e. The summed E-state index contributed by atoms with van der Waals surface area (Å²) >= 11 is 3.83. The second-order valence-corrected chi connectivity index (χ2v) is 2.22. The normalized spacial score (nSPS) is 11.0. The third-order valence-corrected chi connectivity index (χ3v) is 1.03. The van der Waals surface area contributed by atoms with Crippen LogP contribution in [0.25, 0.3) is 0 Å². The van der Waals surface area contributed by atoms with Crippen LogP contribution in [0.3, 0.4) is 0 Å². The topological polar surface area (TPSA) is 23.9 Å². The zero-order chi connectivity index (χ0) is 6.57. The number of hydrogen-bond donors (Lipinski definition) is 2. The van der Waals surface area contributed by atoms with Gasteiger partial charge in [-0.3, -0.25) is 0 Å². The molecule has 0 aliphatic heterocycles. The van der Waals surface area contributed by atoms with Gasteiger partial charge in [-0.1, -0.05) is 13.8 Å². The third kappa shape index (κ3) is 2.86. The second kappa shape index (κ2) is 3.72. The molecule has 0 aliphatic rings. The third-order valence-electron chi connectivity index (χ3n) is 0.876. The second-order valence-electron chi connectivity index (χ2n) is 1.93. The van der Waals surface area contributed by atoms with Crippen LogP contribution in [-0.2, 0) is 0 Å². The summed E-state index contributed by atoms with van der Waals surface area (Å²) in [6.07, 6.45) is 1.69. The lowest BCUT2D eigenvalue weighted by Gasteiger charge is -1.97. The molecule has 0 aromatic heterocycles. The van der Waals surface area contributed by atoms with Crippen molar-refractivity contribution in [2.75, 3.05) is 0 Å². The van der Waals surface area contributed by atoms with Crippen LogP contribution in [0.5, 0.6) is 0 Å². The van der Waals surface area contributed by atoms with Gasteiger partial charge in [-0.2, -0.15) is 12.6 Å². The minimum absolute atomic E-state index is 0.318. The highest BCUT2D eigenvalue weighted by Gasteiger charge is 1.94. The Hall–Kier alpha value is -0.240. The van der Waals surface area contributed by atoms with Gasteiger partial charge in [-0.05, 0) is 17.4 Å². The minimum Gasteiger partial charge on any atom is -0.305 e. The van der Waals surface area contributed by atoms with Crippen LogP contribution in [-0.4, -0.2) is 5.71 Å². The molecule has 46 valence electrons. The van der Waals surface area contributed by atoms with E-state index in [1.54, 1.807) is 11.5 Å². The van der Waals surface area contributed by atoms with E-state index >= 15 is 0 Å². The van der Waals surface area contributed by atoms with E-state index in [2.05, 4.69) is 12.6 Å². The summed E-state index contributed by atoms with van der Waals surface area (Å²) in [5.74, 6) is 0.318. The van der Waals surface area contributed by atoms with Gasteiger partial charge in [0.15, 0.2) is 0 Å². The van der Waals surface area contributed by atoms with Crippen molar-refractivity contribution in [1.29, 1.82) is 5.41 Å². The van der Waals surface area contributed by atoms with Gasteiger partial charge in [0.05, 0.1) is 0 Å². The smallest absolute Gasteiger partial charge is 0.0344 e. The van der Waals surface area contributed by atoms with Gasteiger partial charge in [0, 0.05) is 5.71 Å². The van der Waals surface area contributed by atoms with Crippen LogP contribution < -0.4 is 0 Å². The van der Waals surface area contributed by atoms with Crippen LogP contribution in [0.15, 0.2) is 11.5 Å². The van der Waals surface area contributed by atoms with Crippen molar-refractivity contribution in [2.24, 2.45) is 5.92 Å². The Morgan fingerprint density at radius 2 is 2.12 bits per heavy atom. The van der Waals surface area contributed by atoms with E-state index in [-0.39, 0.29) is 0 Å². The lowest BCUT2D eigenvalue weighted by atomic mass is 10.1. The summed E-state index contributed by atoms with van der Waals surface area (Å²) in [6.45, 7) is 3.96. The Bertz CT molecular complexity index is 105. The summed E-state index contributed by atoms with van der Waals surface area (Å²) < 4.78 is 0. The van der Waals surface area contributed by atoms with Crippen LogP contribution in [0, 0.1) is 11.3 Å². The number of thiol groups is 1. The first-order valence-electron chi connectivity index (χ1n) is 2.57. The molecule has 0 heterocycles. The van der Waals surface area contributed by atoms with E-state index < -0.39 is 0 Å². The lowest BCUT2D eigenvalue weighted by molar-refractivity contribution is 0.882. The Morgan fingerprint density at radius 1 is 1.62 bits per heavy atom. The van der Waals surface area contributed by atoms with E-state index in [9.17, 15) is 0 Å². The molecule has 0 radical (unpaired) electrons. The van der Waals surface area contributed by atoms with E-state index in [0.717, 1.165) is 0 Å². The monoisotopic (exact) mass is 129 g/mol. The minimum atomic E-state index is 0.318. The molecule has 0 bridgehead atoms. The first kappa shape index (κ1) is 7.76. The molecule has 0 aromatic rings. The Kier molecular flexibility index (Phi) is 3.61. The number of rotatable bonds is 2. The summed E-state index contributed by atoms with van der Waals surface area (Å²) in [7, 11) is 0. The van der Waals surface area contributed by atoms with Gasteiger partial charge < -0.3 is 5.41 Å². The summed E-state index contributed by atoms with van der Waals surface area (Å²) in [5, 5.41) is 8.79. The standard InChI is InChI=1S/C6H11NS/c1-5(2)6(7)3-4-8/h3-5,7-8H,1-2H3/b4-3-,7-6?. The molecule has 0 spiro atoms. The first-order chi connectivity index (χ1) is 3.68. The molecular formula is C6H11NS. The Balaban J connectivity index is 3.66. The predicted octanol–water partition coefficient (Wildman–Crippen LogP) is 2.11. The van der Waals surface area contributed by atoms with Crippen molar-refractivity contribution in [1.82, 2.24) is 0 Å². The van der Waals surface area contributed by atoms with Crippen LogP contribution in [0.4, 0.5) is 0 Å². The highest BCUT2D eigenvalue weighted by atomic mass is 32.1. The molecule has 0 aliphatic carbocycles. The first-order valence-corrected chi connectivity index (χ1v) is 3.09. The van der Waals surface area contributed by atoms with Crippen molar-refractivity contribution >= 4 is 18.3 Å². The SMILES string of the molecule is CC(C)C(=N)/C=C\S. The Labute approximate surface area is 55.7 Å². The average molecular weight is 129 g/mol. The molecule has 8 heavy (non-hydrogen) atoms. The van der Waals surface area contributed by atoms with Crippen molar-refractivity contribution < 1.29 is 0 Å². The van der Waals surface area contributed by atoms with Gasteiger partial charge in [-0.15, -0.1) is 0 Å². The van der Waals surface area contributed by atoms with Crippen molar-refractivity contribution in [3.8, 4) is 0 Å². The van der Waals surface area contributed by atoms with E-state index in [1.165, 1.54) is 0 Å². The molecule has 1 nitrogen and oxygen atoms in total. The van der Waals surface area contributed by atoms with Crippen LogP contribution >= 0.6 is 12.6 Å². The fourth-order valence-electron chi connectivity index (χ4n) is 0.273. The van der Waals surface area contributed by atoms with Crippen molar-refractivity contribution in [3.05, 3.63) is 11.5 Å². The summed E-state index contributed by atoms with van der Waals surface area (Å²) in [4.78, 5) is 0. The molecule has 0 rings (SSSR count). The molecule has 0 saturated carbocycles. The van der Waals surface area contributed by atoms with Crippen LogP contribution in [0.1, 0.15) is 13.8 Å². The van der Waals surface area contributed by atoms with E-state index in [0.29, 0.717) is 11.6 Å². The maximum atomic E-state index is 7.21. The van der Waals surface area contributed by atoms with Crippen molar-refractivity contribution in [2.45, 2.75) is 13.8 Å². The van der Waals surface area contributed by atoms with Gasteiger partial charge in [0.2, 0.25) is 0 Å². The van der Waals surface area contributed by atoms with Crippen LogP contribution in [0.2, 0.25) is 0 Å². The average Bonchev–Trinajstić information content (AvgIpc) is 1.67. The van der Waals surface area contributed by atoms with E-state index in [1.807, 2.05) is 13.8 Å². The number of allylic oxidation sites excluding steroid dienone is 1. The fraction of sp³-hybridized carbons (Fsp3) is 0.500. The predicted molar refractivity (Wildman–Crippen MR) is 40.7 cm³/mol. The maximum absolute atomic E-state index is 7.21. The number of hydrogen-bond acceptors (Lipinski definition) is 2. The molecule has 0 saturated heterocycles. The zero-order valence-corrected chi connectivity index (χ0v) is 6.07. The number of nitrogens with one attached hydrogen (secondary N) is 1. The quantitative estimate of drug-likeness (QED) is 0.421. The zero-order valence-electron chi connectivity index (χ0n) is 5.18. The highest BCUT2D eigenvalue weighted by Crippen LogP contribution is 1.95. The van der Waals surface area contributed by atoms with Gasteiger partial charge in [0.1, 0.15) is 0 Å². The van der Waals surface area contributed by atoms with E-state index in [4.69, 9.17) is 5.41 Å². The summed E-state index contributed by atoms with van der Waals surface area (Å²) in [5.41, 5.74) is 0.625.